The zero-order valence-corrected chi connectivity index (χ0v) is 11.1. The van der Waals surface area contributed by atoms with Crippen molar-refractivity contribution in [2.75, 3.05) is 6.61 Å². The number of hydrogen-bond acceptors (Lipinski definition) is 3. The fourth-order valence-electron chi connectivity index (χ4n) is 1.71. The Morgan fingerprint density at radius 2 is 1.94 bits per heavy atom. The van der Waals surface area contributed by atoms with E-state index in [9.17, 15) is 4.79 Å². The minimum absolute atomic E-state index is 0.0604. The topological polar surface area (TPSA) is 58.6 Å². The Balaban J connectivity index is 2.54. The number of nitrogens with one attached hydrogen (secondary N) is 1. The molecule has 1 rings (SSSR count). The van der Waals surface area contributed by atoms with Crippen LogP contribution in [-0.4, -0.2) is 23.7 Å². The van der Waals surface area contributed by atoms with E-state index in [2.05, 4.69) is 5.32 Å². The lowest BCUT2D eigenvalue weighted by Gasteiger charge is -2.18. The first-order chi connectivity index (χ1) is 8.54. The molecule has 0 saturated carbocycles. The van der Waals surface area contributed by atoms with Gasteiger partial charge in [0.2, 0.25) is 0 Å². The molecular weight excluding hydrogens is 230 g/mol. The summed E-state index contributed by atoms with van der Waals surface area (Å²) in [7, 11) is 0. The van der Waals surface area contributed by atoms with Gasteiger partial charge in [0, 0.05) is 6.54 Å². The first kappa shape index (κ1) is 14.5. The largest absolute Gasteiger partial charge is 0.494 e. The van der Waals surface area contributed by atoms with Crippen LogP contribution in [0.4, 0.5) is 0 Å². The van der Waals surface area contributed by atoms with E-state index in [1.807, 2.05) is 45.0 Å². The molecule has 1 aromatic carbocycles. The van der Waals surface area contributed by atoms with E-state index in [1.165, 1.54) is 0 Å². The van der Waals surface area contributed by atoms with Gasteiger partial charge in [-0.15, -0.1) is 0 Å². The van der Waals surface area contributed by atoms with Crippen LogP contribution >= 0.6 is 0 Å². The fraction of sp³-hybridized carbons (Fsp3) is 0.500. The summed E-state index contributed by atoms with van der Waals surface area (Å²) >= 11 is 0. The smallest absolute Gasteiger partial charge is 0.320 e. The van der Waals surface area contributed by atoms with Gasteiger partial charge >= 0.3 is 5.97 Å². The monoisotopic (exact) mass is 251 g/mol. The molecule has 4 nitrogen and oxygen atoms in total. The number of aliphatic carboxylic acids is 1. The molecule has 4 heteroatoms. The molecule has 0 saturated heterocycles. The first-order valence-corrected chi connectivity index (χ1v) is 6.22. The third-order valence-corrected chi connectivity index (χ3v) is 2.69. The quantitative estimate of drug-likeness (QED) is 0.780. The minimum atomic E-state index is -0.809. The van der Waals surface area contributed by atoms with Crippen LogP contribution < -0.4 is 10.1 Å². The zero-order chi connectivity index (χ0) is 13.5. The van der Waals surface area contributed by atoms with Crippen molar-refractivity contribution in [3.63, 3.8) is 0 Å². The van der Waals surface area contributed by atoms with E-state index >= 15 is 0 Å². The highest BCUT2D eigenvalue weighted by molar-refractivity contribution is 5.73. The molecule has 0 bridgehead atoms. The van der Waals surface area contributed by atoms with Crippen molar-refractivity contribution < 1.29 is 14.6 Å². The van der Waals surface area contributed by atoms with Crippen LogP contribution in [0.2, 0.25) is 0 Å². The lowest BCUT2D eigenvalue weighted by atomic mass is 10.0. The molecule has 0 aliphatic carbocycles. The van der Waals surface area contributed by atoms with Crippen molar-refractivity contribution in [2.45, 2.75) is 33.4 Å². The van der Waals surface area contributed by atoms with Gasteiger partial charge in [0.15, 0.2) is 0 Å². The van der Waals surface area contributed by atoms with Crippen LogP contribution in [0.5, 0.6) is 5.75 Å². The maximum Gasteiger partial charge on any atom is 0.320 e. The number of carboxylic acids is 1. The van der Waals surface area contributed by atoms with Gasteiger partial charge in [0.05, 0.1) is 6.61 Å². The lowest BCUT2D eigenvalue weighted by Crippen LogP contribution is -2.40. The van der Waals surface area contributed by atoms with Gasteiger partial charge in [-0.05, 0) is 30.5 Å². The molecule has 0 amide bonds. The zero-order valence-electron chi connectivity index (χ0n) is 11.1. The number of rotatable bonds is 7. The summed E-state index contributed by atoms with van der Waals surface area (Å²) < 4.78 is 5.35. The summed E-state index contributed by atoms with van der Waals surface area (Å²) in [5.41, 5.74) is 1.05. The highest BCUT2D eigenvalue weighted by Crippen LogP contribution is 2.12. The number of carboxylic acid groups (broad SMARTS) is 1. The predicted octanol–water partition coefficient (Wildman–Crippen LogP) is 2.28. The van der Waals surface area contributed by atoms with Gasteiger partial charge in [-0.3, -0.25) is 4.79 Å². The van der Waals surface area contributed by atoms with E-state index in [0.29, 0.717) is 13.2 Å². The van der Waals surface area contributed by atoms with Crippen LogP contribution in [-0.2, 0) is 11.3 Å². The van der Waals surface area contributed by atoms with Crippen molar-refractivity contribution in [3.8, 4) is 5.75 Å². The Bertz CT molecular complexity index is 373. The summed E-state index contributed by atoms with van der Waals surface area (Å²) in [6.07, 6.45) is 0. The molecule has 18 heavy (non-hydrogen) atoms. The third kappa shape index (κ3) is 4.37. The second-order valence-electron chi connectivity index (χ2n) is 4.52. The van der Waals surface area contributed by atoms with Gasteiger partial charge < -0.3 is 15.2 Å². The molecule has 0 fully saturated rings. The molecular formula is C14H21NO3. The predicted molar refractivity (Wildman–Crippen MR) is 70.7 cm³/mol. The number of hydrogen-bond donors (Lipinski definition) is 2. The lowest BCUT2D eigenvalue weighted by molar-refractivity contribution is -0.140. The van der Waals surface area contributed by atoms with Crippen molar-refractivity contribution in [1.29, 1.82) is 0 Å². The van der Waals surface area contributed by atoms with Gasteiger partial charge in [-0.1, -0.05) is 26.0 Å². The molecule has 100 valence electrons. The van der Waals surface area contributed by atoms with Gasteiger partial charge in [-0.2, -0.15) is 0 Å². The van der Waals surface area contributed by atoms with Crippen LogP contribution in [0.1, 0.15) is 26.3 Å². The van der Waals surface area contributed by atoms with E-state index in [0.717, 1.165) is 11.3 Å². The van der Waals surface area contributed by atoms with Crippen LogP contribution in [0.3, 0.4) is 0 Å². The summed E-state index contributed by atoms with van der Waals surface area (Å²) in [6.45, 7) is 6.91. The van der Waals surface area contributed by atoms with Crippen molar-refractivity contribution in [3.05, 3.63) is 29.8 Å². The molecule has 0 aliphatic rings. The summed E-state index contributed by atoms with van der Waals surface area (Å²) in [4.78, 5) is 11.0. The Morgan fingerprint density at radius 3 is 2.39 bits per heavy atom. The van der Waals surface area contributed by atoms with E-state index < -0.39 is 12.0 Å². The Kier molecular flexibility index (Phi) is 5.65. The fourth-order valence-corrected chi connectivity index (χ4v) is 1.71. The van der Waals surface area contributed by atoms with E-state index in [1.54, 1.807) is 0 Å². The third-order valence-electron chi connectivity index (χ3n) is 2.69. The molecule has 1 atom stereocenters. The maximum absolute atomic E-state index is 11.0. The Labute approximate surface area is 108 Å². The second-order valence-corrected chi connectivity index (χ2v) is 4.52. The highest BCUT2D eigenvalue weighted by Gasteiger charge is 2.20. The first-order valence-electron chi connectivity index (χ1n) is 6.22. The van der Waals surface area contributed by atoms with Gasteiger partial charge in [0.1, 0.15) is 11.8 Å². The maximum atomic E-state index is 11.0. The molecule has 0 aliphatic heterocycles. The van der Waals surface area contributed by atoms with Crippen molar-refractivity contribution in [1.82, 2.24) is 5.32 Å². The van der Waals surface area contributed by atoms with Crippen LogP contribution in [0.25, 0.3) is 0 Å². The molecule has 2 N–H and O–H groups in total. The summed E-state index contributed by atoms with van der Waals surface area (Å²) in [5, 5.41) is 12.1. The Hall–Kier alpha value is -1.55. The van der Waals surface area contributed by atoms with E-state index in [4.69, 9.17) is 9.84 Å². The van der Waals surface area contributed by atoms with Crippen molar-refractivity contribution >= 4 is 5.97 Å². The molecule has 1 unspecified atom stereocenters. The molecule has 1 aromatic rings. The average Bonchev–Trinajstić information content (AvgIpc) is 2.31. The summed E-state index contributed by atoms with van der Waals surface area (Å²) in [5.74, 6) is 0.0843. The number of benzene rings is 1. The molecule has 0 radical (unpaired) electrons. The second kappa shape index (κ2) is 7.01. The average molecular weight is 251 g/mol. The normalized spacial score (nSPS) is 12.4. The van der Waals surface area contributed by atoms with Gasteiger partial charge in [0.25, 0.3) is 0 Å². The number of ether oxygens (including phenoxy) is 1. The van der Waals surface area contributed by atoms with Crippen molar-refractivity contribution in [2.24, 2.45) is 5.92 Å². The van der Waals surface area contributed by atoms with Crippen LogP contribution in [0, 0.1) is 5.92 Å². The molecule has 0 spiro atoms. The van der Waals surface area contributed by atoms with Gasteiger partial charge in [-0.25, -0.2) is 0 Å². The Morgan fingerprint density at radius 1 is 1.33 bits per heavy atom. The SMILES string of the molecule is CCOc1ccc(CNC(C(=O)O)C(C)C)cc1. The number of carbonyl (C=O) groups is 1. The molecule has 0 heterocycles. The minimum Gasteiger partial charge on any atom is -0.494 e. The van der Waals surface area contributed by atoms with E-state index in [-0.39, 0.29) is 5.92 Å². The molecule has 0 aromatic heterocycles. The van der Waals surface area contributed by atoms with Crippen LogP contribution in [0.15, 0.2) is 24.3 Å². The highest BCUT2D eigenvalue weighted by atomic mass is 16.5. The standard InChI is InChI=1S/C14H21NO3/c1-4-18-12-7-5-11(6-8-12)9-15-13(10(2)3)14(16)17/h5-8,10,13,15H,4,9H2,1-3H3,(H,16,17). The summed E-state index contributed by atoms with van der Waals surface area (Å²) in [6, 6.07) is 7.16.